The molecule has 2 aromatic heterocycles. The number of aryl methyl sites for hydroxylation is 1. The van der Waals surface area contributed by atoms with E-state index in [1.807, 2.05) is 19.1 Å². The van der Waals surface area contributed by atoms with E-state index in [1.54, 1.807) is 13.1 Å². The number of benzene rings is 1. The van der Waals surface area contributed by atoms with Gasteiger partial charge in [0.15, 0.2) is 0 Å². The lowest BCUT2D eigenvalue weighted by atomic mass is 9.93. The zero-order valence-electron chi connectivity index (χ0n) is 18.8. The van der Waals surface area contributed by atoms with Gasteiger partial charge in [-0.2, -0.15) is 0 Å². The van der Waals surface area contributed by atoms with E-state index < -0.39 is 5.60 Å². The highest BCUT2D eigenvalue weighted by molar-refractivity contribution is 5.90. The molecule has 170 valence electrons. The van der Waals surface area contributed by atoms with Gasteiger partial charge in [-0.3, -0.25) is 4.79 Å². The van der Waals surface area contributed by atoms with E-state index in [4.69, 9.17) is 10.5 Å². The van der Waals surface area contributed by atoms with E-state index >= 15 is 0 Å². The van der Waals surface area contributed by atoms with E-state index in [2.05, 4.69) is 27.0 Å². The van der Waals surface area contributed by atoms with E-state index in [-0.39, 0.29) is 11.4 Å². The Hall–Kier alpha value is -2.97. The van der Waals surface area contributed by atoms with Crippen LogP contribution in [0.3, 0.4) is 0 Å². The molecule has 4 heterocycles. The summed E-state index contributed by atoms with van der Waals surface area (Å²) in [5, 5.41) is 10.5. The van der Waals surface area contributed by atoms with Crippen molar-refractivity contribution in [3.63, 3.8) is 0 Å². The molecule has 0 unspecified atom stereocenters. The van der Waals surface area contributed by atoms with Gasteiger partial charge in [0.05, 0.1) is 23.1 Å². The summed E-state index contributed by atoms with van der Waals surface area (Å²) in [5.74, 6) is 0.193. The molecule has 8 nitrogen and oxygen atoms in total. The number of ether oxygens (including phenoxy) is 1. The third kappa shape index (κ3) is 4.92. The Labute approximate surface area is 187 Å². The summed E-state index contributed by atoms with van der Waals surface area (Å²) in [4.78, 5) is 23.2. The fraction of sp³-hybridized carbons (Fsp3) is 0.458. The van der Waals surface area contributed by atoms with Crippen molar-refractivity contribution in [1.82, 2.24) is 14.5 Å². The van der Waals surface area contributed by atoms with Crippen molar-refractivity contribution >= 4 is 22.4 Å². The number of fused-ring (bicyclic) bond motifs is 1. The van der Waals surface area contributed by atoms with Crippen molar-refractivity contribution in [1.29, 1.82) is 0 Å². The van der Waals surface area contributed by atoms with Gasteiger partial charge in [0.2, 0.25) is 0 Å². The Morgan fingerprint density at radius 1 is 1.12 bits per heavy atom. The highest BCUT2D eigenvalue weighted by Gasteiger charge is 2.27. The molecule has 0 saturated carbocycles. The second-order valence-electron chi connectivity index (χ2n) is 8.80. The molecule has 2 aliphatic heterocycles. The molecular weight excluding hydrogens is 406 g/mol. The van der Waals surface area contributed by atoms with Gasteiger partial charge >= 0.3 is 0 Å². The molecule has 8 heteroatoms. The normalized spacial score (nSPS) is 17.8. The first kappa shape index (κ1) is 22.2. The maximum absolute atomic E-state index is 12.2. The van der Waals surface area contributed by atoms with Crippen LogP contribution in [0.25, 0.3) is 22.2 Å². The summed E-state index contributed by atoms with van der Waals surface area (Å²) < 4.78 is 6.34. The van der Waals surface area contributed by atoms with Gasteiger partial charge in [-0.15, -0.1) is 0 Å². The Kier molecular flexibility index (Phi) is 6.43. The van der Waals surface area contributed by atoms with Gasteiger partial charge < -0.3 is 25.0 Å². The number of nitrogen functional groups attached to an aromatic ring is 1. The van der Waals surface area contributed by atoms with Gasteiger partial charge in [-0.25, -0.2) is 9.97 Å². The molecule has 0 atom stereocenters. The van der Waals surface area contributed by atoms with Crippen molar-refractivity contribution in [2.75, 3.05) is 36.9 Å². The second-order valence-corrected chi connectivity index (χ2v) is 8.80. The molecule has 0 radical (unpaired) electrons. The highest BCUT2D eigenvalue weighted by Crippen LogP contribution is 2.29. The van der Waals surface area contributed by atoms with Gasteiger partial charge in [0, 0.05) is 44.6 Å². The number of hydrogen-bond acceptors (Lipinski definition) is 7. The summed E-state index contributed by atoms with van der Waals surface area (Å²) in [5.41, 5.74) is 8.55. The molecule has 1 aromatic carbocycles. The third-order valence-electron chi connectivity index (χ3n) is 6.13. The zero-order valence-corrected chi connectivity index (χ0v) is 18.8. The second kappa shape index (κ2) is 9.26. The van der Waals surface area contributed by atoms with Crippen LogP contribution in [0.15, 0.2) is 41.5 Å². The molecule has 3 N–H and O–H groups in total. The minimum Gasteiger partial charge on any atom is -0.390 e. The van der Waals surface area contributed by atoms with Crippen LogP contribution in [-0.2, 0) is 11.8 Å². The SMILES string of the molecule is C1CCOC1.Cn1cnc2cc(-c3ccc(N4CCC(C)(O)CC4)cc3)nc(N)c2c1=O. The van der Waals surface area contributed by atoms with Crippen molar-refractivity contribution in [2.45, 2.75) is 38.2 Å². The third-order valence-corrected chi connectivity index (χ3v) is 6.13. The Bertz CT molecular complexity index is 1120. The standard InChI is InChI=1S/C20H23N5O2.C4H8O/c1-20(27)7-9-25(10-8-20)14-5-3-13(4-6-14)15-11-16-17(18(21)23-15)19(26)24(2)12-22-16;1-2-4-5-3-1/h3-6,11-12,27H,7-10H2,1-2H3,(H2,21,23);1-4H2. The van der Waals surface area contributed by atoms with Crippen LogP contribution in [0.4, 0.5) is 11.5 Å². The smallest absolute Gasteiger partial charge is 0.264 e. The van der Waals surface area contributed by atoms with Crippen LogP contribution >= 0.6 is 0 Å². The van der Waals surface area contributed by atoms with Crippen molar-refractivity contribution in [2.24, 2.45) is 7.05 Å². The maximum atomic E-state index is 12.2. The fourth-order valence-corrected chi connectivity index (χ4v) is 4.00. The minimum atomic E-state index is -0.562. The number of pyridine rings is 1. The highest BCUT2D eigenvalue weighted by atomic mass is 16.5. The van der Waals surface area contributed by atoms with E-state index in [9.17, 15) is 9.90 Å². The average Bonchev–Trinajstić information content (AvgIpc) is 3.37. The fourth-order valence-electron chi connectivity index (χ4n) is 4.00. The minimum absolute atomic E-state index is 0.193. The molecule has 0 aliphatic carbocycles. The first-order chi connectivity index (χ1) is 15.3. The van der Waals surface area contributed by atoms with Gasteiger partial charge in [-0.1, -0.05) is 12.1 Å². The maximum Gasteiger partial charge on any atom is 0.264 e. The quantitative estimate of drug-likeness (QED) is 0.635. The molecule has 5 rings (SSSR count). The van der Waals surface area contributed by atoms with Crippen LogP contribution in [0.2, 0.25) is 0 Å². The summed E-state index contributed by atoms with van der Waals surface area (Å²) in [6.07, 6.45) is 5.57. The summed E-state index contributed by atoms with van der Waals surface area (Å²) in [6, 6.07) is 9.89. The number of hydrogen-bond donors (Lipinski definition) is 2. The summed E-state index contributed by atoms with van der Waals surface area (Å²) >= 11 is 0. The largest absolute Gasteiger partial charge is 0.390 e. The number of nitrogens with zero attached hydrogens (tertiary/aromatic N) is 4. The number of anilines is 2. The predicted octanol–water partition coefficient (Wildman–Crippen LogP) is 2.73. The molecule has 0 amide bonds. The molecule has 2 fully saturated rings. The number of aromatic nitrogens is 3. The van der Waals surface area contributed by atoms with Crippen LogP contribution in [0, 0.1) is 0 Å². The Morgan fingerprint density at radius 3 is 2.38 bits per heavy atom. The molecule has 0 spiro atoms. The predicted molar refractivity (Wildman–Crippen MR) is 127 cm³/mol. The molecular formula is C24H31N5O3. The number of piperidine rings is 1. The molecule has 32 heavy (non-hydrogen) atoms. The molecule has 3 aromatic rings. The summed E-state index contributed by atoms with van der Waals surface area (Å²) in [6.45, 7) is 5.56. The number of nitrogens with two attached hydrogens (primary N) is 1. The van der Waals surface area contributed by atoms with Crippen LogP contribution in [0.5, 0.6) is 0 Å². The van der Waals surface area contributed by atoms with E-state index in [0.717, 1.165) is 50.4 Å². The van der Waals surface area contributed by atoms with Gasteiger partial charge in [0.25, 0.3) is 5.56 Å². The topological polar surface area (TPSA) is 106 Å². The molecule has 2 saturated heterocycles. The van der Waals surface area contributed by atoms with E-state index in [1.165, 1.54) is 23.7 Å². The average molecular weight is 438 g/mol. The molecule has 2 aliphatic rings. The zero-order chi connectivity index (χ0) is 22.7. The lowest BCUT2D eigenvalue weighted by Crippen LogP contribution is -2.42. The lowest BCUT2D eigenvalue weighted by Gasteiger charge is -2.37. The van der Waals surface area contributed by atoms with Crippen molar-refractivity contribution in [3.8, 4) is 11.3 Å². The first-order valence-corrected chi connectivity index (χ1v) is 11.1. The van der Waals surface area contributed by atoms with Crippen molar-refractivity contribution < 1.29 is 9.84 Å². The van der Waals surface area contributed by atoms with E-state index in [0.29, 0.717) is 16.6 Å². The Morgan fingerprint density at radius 2 is 1.78 bits per heavy atom. The van der Waals surface area contributed by atoms with Crippen LogP contribution in [0.1, 0.15) is 32.6 Å². The number of rotatable bonds is 2. The lowest BCUT2D eigenvalue weighted by molar-refractivity contribution is 0.0351. The van der Waals surface area contributed by atoms with Crippen LogP contribution in [-0.4, -0.2) is 51.5 Å². The molecule has 0 bridgehead atoms. The first-order valence-electron chi connectivity index (χ1n) is 11.1. The number of aliphatic hydroxyl groups is 1. The Balaban J connectivity index is 0.000000433. The van der Waals surface area contributed by atoms with Crippen molar-refractivity contribution in [3.05, 3.63) is 47.0 Å². The van der Waals surface area contributed by atoms with Crippen LogP contribution < -0.4 is 16.2 Å². The monoisotopic (exact) mass is 437 g/mol. The van der Waals surface area contributed by atoms with Gasteiger partial charge in [-0.05, 0) is 50.8 Å². The van der Waals surface area contributed by atoms with Gasteiger partial charge in [0.1, 0.15) is 11.2 Å². The summed E-state index contributed by atoms with van der Waals surface area (Å²) in [7, 11) is 1.64.